The average molecular weight is 739 g/mol. The molecule has 2 heteroatoms. The van der Waals surface area contributed by atoms with Gasteiger partial charge in [0.1, 0.15) is 0 Å². The molecule has 0 bridgehead atoms. The predicted octanol–water partition coefficient (Wildman–Crippen LogP) is 15.6. The van der Waals surface area contributed by atoms with Crippen molar-refractivity contribution in [2.45, 2.75) is 0 Å². The van der Waals surface area contributed by atoms with Crippen LogP contribution in [0.5, 0.6) is 0 Å². The van der Waals surface area contributed by atoms with Crippen LogP contribution in [0.1, 0.15) is 0 Å². The van der Waals surface area contributed by atoms with Crippen LogP contribution < -0.4 is 4.90 Å². The standard InChI is InChI=1S/C56H38N2/c1-3-18-41(19-4-1)46-28-11-13-32-52(46)58(55-35-17-34-54-56(55)50-29-12-14-33-53(50)57(54)42-24-5-2-6-25-42)43-36-37-49(47-30-15-22-39-20-7-9-26-44(39)47)51(38-43)48-31-16-23-40-21-8-10-27-45(40)48/h1-38H. The number of hydrogen-bond acceptors (Lipinski definition) is 1. The van der Waals surface area contributed by atoms with Crippen LogP contribution in [0.2, 0.25) is 0 Å². The molecule has 0 saturated heterocycles. The Morgan fingerprint density at radius 3 is 1.57 bits per heavy atom. The van der Waals surface area contributed by atoms with Crippen LogP contribution in [0.3, 0.4) is 0 Å². The zero-order valence-corrected chi connectivity index (χ0v) is 31.8. The maximum atomic E-state index is 2.49. The molecule has 10 aromatic carbocycles. The SMILES string of the molecule is c1ccc(-c2ccccc2N(c2ccc(-c3cccc4ccccc34)c(-c3cccc4ccccc34)c2)c2cccc3c2c2ccccc2n3-c2ccccc2)cc1. The molecule has 11 aromatic rings. The van der Waals surface area contributed by atoms with Gasteiger partial charge in [0.25, 0.3) is 0 Å². The normalized spacial score (nSPS) is 11.4. The van der Waals surface area contributed by atoms with Crippen molar-refractivity contribution in [1.82, 2.24) is 4.57 Å². The van der Waals surface area contributed by atoms with E-state index in [-0.39, 0.29) is 0 Å². The lowest BCUT2D eigenvalue weighted by atomic mass is 9.88. The number of benzene rings is 10. The van der Waals surface area contributed by atoms with Gasteiger partial charge in [-0.15, -0.1) is 0 Å². The van der Waals surface area contributed by atoms with E-state index in [1.54, 1.807) is 0 Å². The third-order valence-electron chi connectivity index (χ3n) is 11.6. The molecule has 1 aromatic heterocycles. The van der Waals surface area contributed by atoms with Gasteiger partial charge >= 0.3 is 0 Å². The molecule has 0 amide bonds. The summed E-state index contributed by atoms with van der Waals surface area (Å²) in [5.41, 5.74) is 13.9. The van der Waals surface area contributed by atoms with Gasteiger partial charge in [-0.25, -0.2) is 0 Å². The minimum Gasteiger partial charge on any atom is -0.309 e. The summed E-state index contributed by atoms with van der Waals surface area (Å²) < 4.78 is 2.40. The molecule has 2 nitrogen and oxygen atoms in total. The van der Waals surface area contributed by atoms with E-state index in [2.05, 4.69) is 240 Å². The molecule has 0 unspecified atom stereocenters. The monoisotopic (exact) mass is 738 g/mol. The summed E-state index contributed by atoms with van der Waals surface area (Å²) >= 11 is 0. The summed E-state index contributed by atoms with van der Waals surface area (Å²) in [6.07, 6.45) is 0. The van der Waals surface area contributed by atoms with E-state index in [9.17, 15) is 0 Å². The van der Waals surface area contributed by atoms with E-state index >= 15 is 0 Å². The zero-order chi connectivity index (χ0) is 38.4. The van der Waals surface area contributed by atoms with Crippen LogP contribution in [-0.2, 0) is 0 Å². The van der Waals surface area contributed by atoms with Crippen LogP contribution in [0.25, 0.3) is 82.4 Å². The minimum absolute atomic E-state index is 1.08. The smallest absolute Gasteiger partial charge is 0.0562 e. The quantitative estimate of drug-likeness (QED) is 0.158. The van der Waals surface area contributed by atoms with Crippen molar-refractivity contribution in [2.75, 3.05) is 4.90 Å². The van der Waals surface area contributed by atoms with Crippen molar-refractivity contribution in [1.29, 1.82) is 0 Å². The van der Waals surface area contributed by atoms with Crippen molar-refractivity contribution in [3.8, 4) is 39.1 Å². The van der Waals surface area contributed by atoms with E-state index < -0.39 is 0 Å². The number of nitrogens with zero attached hydrogens (tertiary/aromatic N) is 2. The van der Waals surface area contributed by atoms with Gasteiger partial charge in [0, 0.05) is 27.7 Å². The first-order valence-electron chi connectivity index (χ1n) is 19.9. The predicted molar refractivity (Wildman–Crippen MR) is 247 cm³/mol. The Bertz CT molecular complexity index is 3280. The Labute approximate surface area is 338 Å². The van der Waals surface area contributed by atoms with Crippen molar-refractivity contribution in [3.05, 3.63) is 231 Å². The Morgan fingerprint density at radius 2 is 0.828 bits per heavy atom. The third kappa shape index (κ3) is 5.57. The van der Waals surface area contributed by atoms with E-state index in [1.165, 1.54) is 65.7 Å². The molecular weight excluding hydrogens is 701 g/mol. The van der Waals surface area contributed by atoms with Gasteiger partial charge < -0.3 is 9.47 Å². The summed E-state index contributed by atoms with van der Waals surface area (Å²) in [7, 11) is 0. The first-order chi connectivity index (χ1) is 28.8. The summed E-state index contributed by atoms with van der Waals surface area (Å²) in [5.74, 6) is 0. The molecular formula is C56H38N2. The van der Waals surface area contributed by atoms with Crippen molar-refractivity contribution in [3.63, 3.8) is 0 Å². The van der Waals surface area contributed by atoms with E-state index in [0.717, 1.165) is 33.8 Å². The maximum Gasteiger partial charge on any atom is 0.0562 e. The van der Waals surface area contributed by atoms with Crippen LogP contribution in [0, 0.1) is 0 Å². The first-order valence-corrected chi connectivity index (χ1v) is 19.9. The summed E-state index contributed by atoms with van der Waals surface area (Å²) in [6.45, 7) is 0. The Balaban J connectivity index is 1.25. The fourth-order valence-electron chi connectivity index (χ4n) is 9.03. The molecule has 1 heterocycles. The van der Waals surface area contributed by atoms with E-state index in [1.807, 2.05) is 0 Å². The lowest BCUT2D eigenvalue weighted by molar-refractivity contribution is 1.18. The third-order valence-corrected chi connectivity index (χ3v) is 11.6. The molecule has 0 aliphatic heterocycles. The molecule has 272 valence electrons. The van der Waals surface area contributed by atoms with E-state index in [0.29, 0.717) is 0 Å². The second-order valence-corrected chi connectivity index (χ2v) is 14.9. The molecule has 0 N–H and O–H groups in total. The molecule has 58 heavy (non-hydrogen) atoms. The number of rotatable bonds is 7. The maximum absolute atomic E-state index is 2.49. The molecule has 0 radical (unpaired) electrons. The number of fused-ring (bicyclic) bond motifs is 5. The largest absolute Gasteiger partial charge is 0.309 e. The van der Waals surface area contributed by atoms with Crippen molar-refractivity contribution < 1.29 is 0 Å². The summed E-state index contributed by atoms with van der Waals surface area (Å²) in [4.78, 5) is 2.49. The fraction of sp³-hybridized carbons (Fsp3) is 0. The van der Waals surface area contributed by atoms with Crippen molar-refractivity contribution in [2.24, 2.45) is 0 Å². The highest BCUT2D eigenvalue weighted by molar-refractivity contribution is 6.17. The highest BCUT2D eigenvalue weighted by Crippen LogP contribution is 2.49. The molecule has 0 aliphatic rings. The fourth-order valence-corrected chi connectivity index (χ4v) is 9.03. The second kappa shape index (κ2) is 14.1. The van der Waals surface area contributed by atoms with Gasteiger partial charge in [-0.2, -0.15) is 0 Å². The van der Waals surface area contributed by atoms with E-state index in [4.69, 9.17) is 0 Å². The number of aromatic nitrogens is 1. The van der Waals surface area contributed by atoms with Crippen LogP contribution in [0.15, 0.2) is 231 Å². The number of para-hydroxylation sites is 3. The first kappa shape index (κ1) is 33.6. The molecule has 0 aliphatic carbocycles. The highest BCUT2D eigenvalue weighted by Gasteiger charge is 2.24. The van der Waals surface area contributed by atoms with Crippen LogP contribution >= 0.6 is 0 Å². The lowest BCUT2D eigenvalue weighted by Gasteiger charge is -2.30. The van der Waals surface area contributed by atoms with Gasteiger partial charge in [0.05, 0.1) is 22.4 Å². The van der Waals surface area contributed by atoms with Crippen molar-refractivity contribution >= 4 is 60.4 Å². The molecule has 0 fully saturated rings. The minimum atomic E-state index is 1.08. The summed E-state index contributed by atoms with van der Waals surface area (Å²) in [6, 6.07) is 83.8. The summed E-state index contributed by atoms with van der Waals surface area (Å²) in [5, 5.41) is 7.33. The Morgan fingerprint density at radius 1 is 0.310 bits per heavy atom. The lowest BCUT2D eigenvalue weighted by Crippen LogP contribution is -2.12. The van der Waals surface area contributed by atoms with Gasteiger partial charge in [0.15, 0.2) is 0 Å². The highest BCUT2D eigenvalue weighted by atomic mass is 15.2. The topological polar surface area (TPSA) is 8.17 Å². The van der Waals surface area contributed by atoms with Gasteiger partial charge in [0.2, 0.25) is 0 Å². The number of anilines is 3. The zero-order valence-electron chi connectivity index (χ0n) is 31.8. The van der Waals surface area contributed by atoms with Crippen LogP contribution in [0.4, 0.5) is 17.1 Å². The van der Waals surface area contributed by atoms with Gasteiger partial charge in [-0.1, -0.05) is 182 Å². The van der Waals surface area contributed by atoms with Gasteiger partial charge in [-0.05, 0) is 97.9 Å². The number of hydrogen-bond donors (Lipinski definition) is 0. The second-order valence-electron chi connectivity index (χ2n) is 14.9. The Kier molecular flexibility index (Phi) is 8.19. The average Bonchev–Trinajstić information content (AvgIpc) is 3.64. The molecule has 0 atom stereocenters. The molecule has 0 saturated carbocycles. The van der Waals surface area contributed by atoms with Crippen LogP contribution in [-0.4, -0.2) is 4.57 Å². The van der Waals surface area contributed by atoms with Gasteiger partial charge in [-0.3, -0.25) is 0 Å². The molecule has 0 spiro atoms. The molecule has 11 rings (SSSR count). The Hall–Kier alpha value is -7.68.